The van der Waals surface area contributed by atoms with Crippen LogP contribution in [0.2, 0.25) is 0 Å². The van der Waals surface area contributed by atoms with Gasteiger partial charge in [0.1, 0.15) is 5.75 Å². The molecule has 2 amide bonds. The average Bonchev–Trinajstić information content (AvgIpc) is 2.56. The lowest BCUT2D eigenvalue weighted by atomic mass is 10.2. The number of benzene rings is 2. The van der Waals surface area contributed by atoms with Gasteiger partial charge in [0.25, 0.3) is 5.91 Å². The van der Waals surface area contributed by atoms with Crippen molar-refractivity contribution in [3.63, 3.8) is 0 Å². The Labute approximate surface area is 128 Å². The molecule has 0 atom stereocenters. The first-order valence-electron chi connectivity index (χ1n) is 6.68. The first-order chi connectivity index (χ1) is 10.6. The lowest BCUT2D eigenvalue weighted by Crippen LogP contribution is -2.23. The highest BCUT2D eigenvalue weighted by molar-refractivity contribution is 6.07. The molecule has 0 aliphatic carbocycles. The van der Waals surface area contributed by atoms with Crippen LogP contribution in [0.25, 0.3) is 0 Å². The Hall–Kier alpha value is -2.86. The van der Waals surface area contributed by atoms with Gasteiger partial charge in [0.2, 0.25) is 5.91 Å². The predicted molar refractivity (Wildman–Crippen MR) is 85.1 cm³/mol. The molecule has 0 aliphatic heterocycles. The lowest BCUT2D eigenvalue weighted by molar-refractivity contribution is -0.114. The van der Waals surface area contributed by atoms with E-state index in [0.29, 0.717) is 22.7 Å². The number of hydrogen-bond acceptors (Lipinski definition) is 4. The van der Waals surface area contributed by atoms with Crippen LogP contribution in [0.4, 0.5) is 11.4 Å². The molecule has 6 nitrogen and oxygen atoms in total. The van der Waals surface area contributed by atoms with Gasteiger partial charge < -0.3 is 21.1 Å². The third-order valence-electron chi connectivity index (χ3n) is 2.99. The maximum absolute atomic E-state index is 12.2. The topological polar surface area (TPSA) is 93.5 Å². The van der Waals surface area contributed by atoms with Crippen molar-refractivity contribution < 1.29 is 14.3 Å². The predicted octanol–water partition coefficient (Wildman–Crippen LogP) is 1.84. The van der Waals surface area contributed by atoms with Gasteiger partial charge in [0, 0.05) is 5.56 Å². The number of methoxy groups -OCH3 is 1. The van der Waals surface area contributed by atoms with E-state index >= 15 is 0 Å². The summed E-state index contributed by atoms with van der Waals surface area (Å²) in [5, 5.41) is 5.40. The number of amides is 2. The van der Waals surface area contributed by atoms with Gasteiger partial charge in [-0.2, -0.15) is 0 Å². The van der Waals surface area contributed by atoms with Gasteiger partial charge in [0.05, 0.1) is 25.0 Å². The fourth-order valence-corrected chi connectivity index (χ4v) is 1.84. The molecule has 2 rings (SSSR count). The SMILES string of the molecule is COc1ccc(C(=O)Nc2ccccc2NC(=O)CN)cc1. The molecule has 114 valence electrons. The maximum Gasteiger partial charge on any atom is 0.255 e. The highest BCUT2D eigenvalue weighted by Gasteiger charge is 2.10. The van der Waals surface area contributed by atoms with Crippen LogP contribution in [0.5, 0.6) is 5.75 Å². The second kappa shape index (κ2) is 7.24. The van der Waals surface area contributed by atoms with Crippen molar-refractivity contribution in [2.75, 3.05) is 24.3 Å². The summed E-state index contributed by atoms with van der Waals surface area (Å²) in [6.07, 6.45) is 0. The average molecular weight is 299 g/mol. The van der Waals surface area contributed by atoms with Crippen molar-refractivity contribution in [1.29, 1.82) is 0 Å². The number of nitrogens with one attached hydrogen (secondary N) is 2. The molecule has 0 bridgehead atoms. The van der Waals surface area contributed by atoms with Gasteiger partial charge in [-0.15, -0.1) is 0 Å². The van der Waals surface area contributed by atoms with E-state index in [1.165, 1.54) is 0 Å². The fraction of sp³-hybridized carbons (Fsp3) is 0.125. The van der Waals surface area contributed by atoms with Crippen molar-refractivity contribution in [2.45, 2.75) is 0 Å². The monoisotopic (exact) mass is 299 g/mol. The van der Waals surface area contributed by atoms with Gasteiger partial charge in [0.15, 0.2) is 0 Å². The van der Waals surface area contributed by atoms with Crippen LogP contribution >= 0.6 is 0 Å². The number of carbonyl (C=O) groups is 2. The van der Waals surface area contributed by atoms with E-state index in [0.717, 1.165) is 0 Å². The Morgan fingerprint density at radius 1 is 1.00 bits per heavy atom. The van der Waals surface area contributed by atoms with Crippen LogP contribution in [-0.4, -0.2) is 25.5 Å². The van der Waals surface area contributed by atoms with Crippen LogP contribution in [0, 0.1) is 0 Å². The molecule has 6 heteroatoms. The van der Waals surface area contributed by atoms with E-state index in [9.17, 15) is 9.59 Å². The van der Waals surface area contributed by atoms with Crippen LogP contribution in [0.3, 0.4) is 0 Å². The second-order valence-electron chi connectivity index (χ2n) is 4.48. The first kappa shape index (κ1) is 15.5. The molecule has 0 heterocycles. The molecule has 2 aromatic rings. The Bertz CT molecular complexity index is 669. The smallest absolute Gasteiger partial charge is 0.255 e. The summed E-state index contributed by atoms with van der Waals surface area (Å²) < 4.78 is 5.05. The van der Waals surface area contributed by atoms with E-state index in [2.05, 4.69) is 10.6 Å². The number of ether oxygens (including phenoxy) is 1. The highest BCUT2D eigenvalue weighted by Crippen LogP contribution is 2.22. The molecule has 0 aromatic heterocycles. The minimum Gasteiger partial charge on any atom is -0.497 e. The minimum absolute atomic E-state index is 0.124. The van der Waals surface area contributed by atoms with E-state index < -0.39 is 0 Å². The van der Waals surface area contributed by atoms with Crippen LogP contribution in [0.15, 0.2) is 48.5 Å². The lowest BCUT2D eigenvalue weighted by Gasteiger charge is -2.12. The summed E-state index contributed by atoms with van der Waals surface area (Å²) in [7, 11) is 1.56. The molecular formula is C16H17N3O3. The summed E-state index contributed by atoms with van der Waals surface area (Å²) >= 11 is 0. The summed E-state index contributed by atoms with van der Waals surface area (Å²) in [6.45, 7) is -0.124. The second-order valence-corrected chi connectivity index (χ2v) is 4.48. The molecule has 4 N–H and O–H groups in total. The highest BCUT2D eigenvalue weighted by atomic mass is 16.5. The molecule has 0 radical (unpaired) electrons. The van der Waals surface area contributed by atoms with E-state index in [1.807, 2.05) is 0 Å². The first-order valence-corrected chi connectivity index (χ1v) is 6.68. The zero-order valence-corrected chi connectivity index (χ0v) is 12.1. The molecular weight excluding hydrogens is 282 g/mol. The normalized spacial score (nSPS) is 9.91. The zero-order chi connectivity index (χ0) is 15.9. The number of carbonyl (C=O) groups excluding carboxylic acids is 2. The summed E-state index contributed by atoms with van der Waals surface area (Å²) in [5.74, 6) is 0.0652. The molecule has 0 saturated carbocycles. The number of rotatable bonds is 5. The minimum atomic E-state index is -0.328. The molecule has 0 saturated heterocycles. The van der Waals surface area contributed by atoms with Crippen molar-refractivity contribution >= 4 is 23.2 Å². The Morgan fingerprint density at radius 2 is 1.59 bits per heavy atom. The largest absolute Gasteiger partial charge is 0.497 e. The third kappa shape index (κ3) is 3.83. The Morgan fingerprint density at radius 3 is 2.14 bits per heavy atom. The van der Waals surface area contributed by atoms with Crippen LogP contribution in [0.1, 0.15) is 10.4 Å². The van der Waals surface area contributed by atoms with Gasteiger partial charge in [-0.05, 0) is 36.4 Å². The van der Waals surface area contributed by atoms with Crippen molar-refractivity contribution in [1.82, 2.24) is 0 Å². The van der Waals surface area contributed by atoms with E-state index in [1.54, 1.807) is 55.6 Å². The van der Waals surface area contributed by atoms with Gasteiger partial charge in [-0.25, -0.2) is 0 Å². The van der Waals surface area contributed by atoms with Crippen molar-refractivity contribution in [3.8, 4) is 5.75 Å². The van der Waals surface area contributed by atoms with E-state index in [-0.39, 0.29) is 18.4 Å². The molecule has 0 unspecified atom stereocenters. The molecule has 22 heavy (non-hydrogen) atoms. The van der Waals surface area contributed by atoms with E-state index in [4.69, 9.17) is 10.5 Å². The summed E-state index contributed by atoms with van der Waals surface area (Å²) in [6, 6.07) is 13.7. The van der Waals surface area contributed by atoms with Crippen LogP contribution in [-0.2, 0) is 4.79 Å². The standard InChI is InChI=1S/C16H17N3O3/c1-22-12-8-6-11(7-9-12)16(21)19-14-5-3-2-4-13(14)18-15(20)10-17/h2-9H,10,17H2,1H3,(H,18,20)(H,19,21). The third-order valence-corrected chi connectivity index (χ3v) is 2.99. The van der Waals surface area contributed by atoms with Gasteiger partial charge in [-0.1, -0.05) is 12.1 Å². The number of anilines is 2. The van der Waals surface area contributed by atoms with Gasteiger partial charge in [-0.3, -0.25) is 9.59 Å². The molecule has 0 spiro atoms. The summed E-state index contributed by atoms with van der Waals surface area (Å²) in [5.41, 5.74) is 6.77. The molecule has 0 aliphatic rings. The Balaban J connectivity index is 2.15. The van der Waals surface area contributed by atoms with Gasteiger partial charge >= 0.3 is 0 Å². The van der Waals surface area contributed by atoms with Crippen molar-refractivity contribution in [3.05, 3.63) is 54.1 Å². The van der Waals surface area contributed by atoms with Crippen molar-refractivity contribution in [2.24, 2.45) is 5.73 Å². The number of hydrogen-bond donors (Lipinski definition) is 3. The molecule has 2 aromatic carbocycles. The quantitative estimate of drug-likeness (QED) is 0.785. The Kier molecular flexibility index (Phi) is 5.11. The van der Waals surface area contributed by atoms with Crippen LogP contribution < -0.4 is 21.1 Å². The fourth-order valence-electron chi connectivity index (χ4n) is 1.84. The number of nitrogens with two attached hydrogens (primary N) is 1. The summed E-state index contributed by atoms with van der Waals surface area (Å²) in [4.78, 5) is 23.6. The molecule has 0 fully saturated rings. The zero-order valence-electron chi connectivity index (χ0n) is 12.1. The number of para-hydroxylation sites is 2. The maximum atomic E-state index is 12.2.